The van der Waals surface area contributed by atoms with Gasteiger partial charge in [-0.25, -0.2) is 9.97 Å². The first-order valence-corrected chi connectivity index (χ1v) is 9.77. The molecule has 1 amide bonds. The summed E-state index contributed by atoms with van der Waals surface area (Å²) in [5, 5.41) is 0.453. The largest absolute Gasteiger partial charge is 0.450 e. The van der Waals surface area contributed by atoms with E-state index in [4.69, 9.17) is 4.42 Å². The topological polar surface area (TPSA) is 76.3 Å². The molecular formula is C22H14BrN3O3. The number of carbonyl (C=O) groups excluding carboxylic acids is 1. The predicted octanol–water partition coefficient (Wildman–Crippen LogP) is 4.40. The maximum absolute atomic E-state index is 13.5. The number of nitrogens with zero attached hydrogens (tertiary/aromatic N) is 3. The number of carbonyl (C=O) groups is 1. The Kier molecular flexibility index (Phi) is 4.06. The number of hydrogen-bond acceptors (Lipinski definition) is 5. The third-order valence-corrected chi connectivity index (χ3v) is 5.51. The van der Waals surface area contributed by atoms with E-state index in [0.29, 0.717) is 16.5 Å². The zero-order valence-corrected chi connectivity index (χ0v) is 16.9. The minimum Gasteiger partial charge on any atom is -0.450 e. The molecule has 1 aliphatic heterocycles. The molecule has 0 aliphatic carbocycles. The highest BCUT2D eigenvalue weighted by Gasteiger charge is 2.44. The summed E-state index contributed by atoms with van der Waals surface area (Å²) >= 11 is 3.43. The van der Waals surface area contributed by atoms with Gasteiger partial charge < -0.3 is 4.42 Å². The molecule has 0 saturated carbocycles. The van der Waals surface area contributed by atoms with Crippen molar-refractivity contribution in [1.82, 2.24) is 9.97 Å². The lowest BCUT2D eigenvalue weighted by molar-refractivity contribution is 0.0969. The third kappa shape index (κ3) is 2.77. The maximum atomic E-state index is 13.5. The van der Waals surface area contributed by atoms with Gasteiger partial charge in [0.15, 0.2) is 5.43 Å². The normalized spacial score (nSPS) is 15.7. The molecule has 6 nitrogen and oxygen atoms in total. The van der Waals surface area contributed by atoms with Gasteiger partial charge >= 0.3 is 0 Å². The van der Waals surface area contributed by atoms with E-state index in [2.05, 4.69) is 25.9 Å². The molecule has 29 heavy (non-hydrogen) atoms. The molecule has 2 aromatic carbocycles. The lowest BCUT2D eigenvalue weighted by Crippen LogP contribution is -2.31. The molecule has 0 saturated heterocycles. The first-order chi connectivity index (χ1) is 14.0. The van der Waals surface area contributed by atoms with Gasteiger partial charge in [-0.3, -0.25) is 14.5 Å². The molecule has 2 aromatic heterocycles. The van der Waals surface area contributed by atoms with Gasteiger partial charge in [0, 0.05) is 16.9 Å². The number of benzene rings is 2. The highest BCUT2D eigenvalue weighted by Crippen LogP contribution is 2.40. The zero-order valence-electron chi connectivity index (χ0n) is 15.3. The van der Waals surface area contributed by atoms with Gasteiger partial charge in [-0.1, -0.05) is 39.7 Å². The van der Waals surface area contributed by atoms with Gasteiger partial charge in [0.1, 0.15) is 5.58 Å². The molecule has 3 heterocycles. The minimum atomic E-state index is -0.672. The van der Waals surface area contributed by atoms with E-state index in [1.807, 2.05) is 37.3 Å². The smallest absolute Gasteiger partial charge is 0.297 e. The molecule has 0 fully saturated rings. The number of fused-ring (bicyclic) bond motifs is 2. The lowest BCUT2D eigenvalue weighted by atomic mass is 9.98. The Morgan fingerprint density at radius 1 is 1.03 bits per heavy atom. The van der Waals surface area contributed by atoms with Crippen LogP contribution in [0.15, 0.2) is 74.6 Å². The van der Waals surface area contributed by atoms with Crippen LogP contribution >= 0.6 is 15.9 Å². The molecule has 142 valence electrons. The highest BCUT2D eigenvalue weighted by molar-refractivity contribution is 9.10. The quantitative estimate of drug-likeness (QED) is 0.454. The van der Waals surface area contributed by atoms with Crippen molar-refractivity contribution in [2.45, 2.75) is 13.0 Å². The van der Waals surface area contributed by atoms with E-state index in [-0.39, 0.29) is 17.1 Å². The molecule has 1 aliphatic rings. The van der Waals surface area contributed by atoms with Crippen LogP contribution in [-0.2, 0) is 0 Å². The van der Waals surface area contributed by atoms with Crippen LogP contribution in [0.3, 0.4) is 0 Å². The molecule has 0 radical (unpaired) electrons. The summed E-state index contributed by atoms with van der Waals surface area (Å²) in [7, 11) is 0. The van der Waals surface area contributed by atoms with Crippen molar-refractivity contribution in [3.63, 3.8) is 0 Å². The second-order valence-corrected chi connectivity index (χ2v) is 7.77. The van der Waals surface area contributed by atoms with Crippen LogP contribution in [0.25, 0.3) is 11.0 Å². The van der Waals surface area contributed by atoms with Crippen molar-refractivity contribution >= 4 is 38.8 Å². The van der Waals surface area contributed by atoms with E-state index in [1.165, 1.54) is 4.90 Å². The molecule has 0 N–H and O–H groups in total. The van der Waals surface area contributed by atoms with Crippen molar-refractivity contribution in [3.8, 4) is 0 Å². The summed E-state index contributed by atoms with van der Waals surface area (Å²) in [4.78, 5) is 36.7. The summed E-state index contributed by atoms with van der Waals surface area (Å²) in [6.07, 6.45) is 3.12. The Labute approximate surface area is 174 Å². The van der Waals surface area contributed by atoms with E-state index in [9.17, 15) is 9.59 Å². The fraction of sp³-hybridized carbons (Fsp3) is 0.0909. The van der Waals surface area contributed by atoms with Crippen molar-refractivity contribution < 1.29 is 9.21 Å². The standard InChI is InChI=1S/C22H14BrN3O3/c1-12-3-8-16-15(11-12)19(27)17-18(13-4-6-14(23)7-5-13)26(21(28)20(17)29-16)22-24-9-2-10-25-22/h2-11,18H,1H3. The number of aryl methyl sites for hydroxylation is 1. The summed E-state index contributed by atoms with van der Waals surface area (Å²) < 4.78 is 6.82. The van der Waals surface area contributed by atoms with E-state index in [0.717, 1.165) is 15.6 Å². The average Bonchev–Trinajstić information content (AvgIpc) is 3.03. The molecule has 0 bridgehead atoms. The van der Waals surface area contributed by atoms with Crippen molar-refractivity contribution in [3.05, 3.63) is 98.1 Å². The van der Waals surface area contributed by atoms with E-state index in [1.54, 1.807) is 30.6 Å². The fourth-order valence-electron chi connectivity index (χ4n) is 3.67. The highest BCUT2D eigenvalue weighted by atomic mass is 79.9. The average molecular weight is 448 g/mol. The molecule has 5 rings (SSSR count). The van der Waals surface area contributed by atoms with Gasteiger partial charge in [0.05, 0.1) is 17.0 Å². The van der Waals surface area contributed by atoms with Gasteiger partial charge in [0.2, 0.25) is 11.7 Å². The van der Waals surface area contributed by atoms with Crippen LogP contribution < -0.4 is 10.3 Å². The Hall–Kier alpha value is -3.32. The minimum absolute atomic E-state index is 0.0340. The fourth-order valence-corrected chi connectivity index (χ4v) is 3.93. The SMILES string of the molecule is Cc1ccc2oc3c(c(=O)c2c1)C(c1ccc(Br)cc1)N(c1ncccn1)C3=O. The summed E-state index contributed by atoms with van der Waals surface area (Å²) in [6, 6.07) is 13.8. The van der Waals surface area contributed by atoms with E-state index >= 15 is 0 Å². The zero-order chi connectivity index (χ0) is 20.1. The first kappa shape index (κ1) is 17.8. The van der Waals surface area contributed by atoms with Crippen molar-refractivity contribution in [2.24, 2.45) is 0 Å². The van der Waals surface area contributed by atoms with Crippen LogP contribution in [0.1, 0.15) is 33.3 Å². The number of hydrogen-bond donors (Lipinski definition) is 0. The number of amides is 1. The van der Waals surface area contributed by atoms with Gasteiger partial charge in [-0.2, -0.15) is 0 Å². The van der Waals surface area contributed by atoms with Crippen molar-refractivity contribution in [2.75, 3.05) is 4.90 Å². The number of rotatable bonds is 2. The summed E-state index contributed by atoms with van der Waals surface area (Å²) in [6.45, 7) is 1.91. The Bertz CT molecular complexity index is 1320. The number of anilines is 1. The number of aromatic nitrogens is 2. The Morgan fingerprint density at radius 3 is 2.48 bits per heavy atom. The maximum Gasteiger partial charge on any atom is 0.297 e. The molecule has 1 unspecified atom stereocenters. The third-order valence-electron chi connectivity index (χ3n) is 4.98. The predicted molar refractivity (Wildman–Crippen MR) is 112 cm³/mol. The van der Waals surface area contributed by atoms with Crippen LogP contribution in [0.2, 0.25) is 0 Å². The Balaban J connectivity index is 1.83. The number of halogens is 1. The van der Waals surface area contributed by atoms with Gasteiger partial charge in [-0.15, -0.1) is 0 Å². The molecule has 1 atom stereocenters. The van der Waals surface area contributed by atoms with Crippen molar-refractivity contribution in [1.29, 1.82) is 0 Å². The monoisotopic (exact) mass is 447 g/mol. The molecule has 4 aromatic rings. The summed E-state index contributed by atoms with van der Waals surface area (Å²) in [5.74, 6) is -0.179. The second kappa shape index (κ2) is 6.63. The van der Waals surface area contributed by atoms with Crippen LogP contribution in [-0.4, -0.2) is 15.9 Å². The molecular weight excluding hydrogens is 434 g/mol. The van der Waals surface area contributed by atoms with Crippen LogP contribution in [0.5, 0.6) is 0 Å². The first-order valence-electron chi connectivity index (χ1n) is 8.98. The molecule has 0 spiro atoms. The Morgan fingerprint density at radius 2 is 1.76 bits per heavy atom. The van der Waals surface area contributed by atoms with Gasteiger partial charge in [-0.05, 0) is 42.8 Å². The molecule has 7 heteroatoms. The summed E-state index contributed by atoms with van der Waals surface area (Å²) in [5.41, 5.74) is 2.19. The van der Waals surface area contributed by atoms with Crippen LogP contribution in [0, 0.1) is 6.92 Å². The second-order valence-electron chi connectivity index (χ2n) is 6.85. The van der Waals surface area contributed by atoms with E-state index < -0.39 is 11.9 Å². The van der Waals surface area contributed by atoms with Gasteiger partial charge in [0.25, 0.3) is 5.91 Å². The lowest BCUT2D eigenvalue weighted by Gasteiger charge is -2.23. The van der Waals surface area contributed by atoms with Crippen LogP contribution in [0.4, 0.5) is 5.95 Å².